The first-order chi connectivity index (χ1) is 8.52. The molecule has 5 nitrogen and oxygen atoms in total. The molecule has 2 N–H and O–H groups in total. The lowest BCUT2D eigenvalue weighted by atomic mass is 9.93. The SMILES string of the molecule is CCOc1cc(N(CC)CC(C)(C)CN)ncn1. The van der Waals surface area contributed by atoms with Crippen molar-refractivity contribution < 1.29 is 4.74 Å². The van der Waals surface area contributed by atoms with E-state index in [4.69, 9.17) is 10.5 Å². The topological polar surface area (TPSA) is 64.3 Å². The van der Waals surface area contributed by atoms with Gasteiger partial charge in [-0.1, -0.05) is 13.8 Å². The van der Waals surface area contributed by atoms with E-state index in [1.165, 1.54) is 0 Å². The Kier molecular flexibility index (Phi) is 5.34. The smallest absolute Gasteiger partial charge is 0.218 e. The fourth-order valence-electron chi connectivity index (χ4n) is 1.67. The van der Waals surface area contributed by atoms with Crippen LogP contribution in [0.5, 0.6) is 5.88 Å². The van der Waals surface area contributed by atoms with Crippen molar-refractivity contribution in [3.8, 4) is 5.88 Å². The van der Waals surface area contributed by atoms with Gasteiger partial charge in [-0.3, -0.25) is 0 Å². The molecule has 18 heavy (non-hydrogen) atoms. The third-order valence-corrected chi connectivity index (χ3v) is 2.80. The van der Waals surface area contributed by atoms with Gasteiger partial charge in [-0.05, 0) is 25.8 Å². The van der Waals surface area contributed by atoms with Gasteiger partial charge in [-0.2, -0.15) is 0 Å². The third-order valence-electron chi connectivity index (χ3n) is 2.80. The Labute approximate surface area is 109 Å². The zero-order valence-corrected chi connectivity index (χ0v) is 11.8. The van der Waals surface area contributed by atoms with E-state index < -0.39 is 0 Å². The van der Waals surface area contributed by atoms with Crippen LogP contribution < -0.4 is 15.4 Å². The second-order valence-electron chi connectivity index (χ2n) is 5.03. The average Bonchev–Trinajstić information content (AvgIpc) is 2.37. The molecule has 0 spiro atoms. The lowest BCUT2D eigenvalue weighted by Gasteiger charge is -2.31. The van der Waals surface area contributed by atoms with Gasteiger partial charge < -0.3 is 15.4 Å². The molecule has 0 aliphatic heterocycles. The third kappa shape index (κ3) is 4.14. The first-order valence-electron chi connectivity index (χ1n) is 6.42. The molecule has 5 heteroatoms. The lowest BCUT2D eigenvalue weighted by Crippen LogP contribution is -2.39. The molecule has 0 saturated heterocycles. The first kappa shape index (κ1) is 14.7. The van der Waals surface area contributed by atoms with Crippen molar-refractivity contribution in [3.63, 3.8) is 0 Å². The summed E-state index contributed by atoms with van der Waals surface area (Å²) >= 11 is 0. The van der Waals surface area contributed by atoms with Crippen molar-refractivity contribution in [1.82, 2.24) is 9.97 Å². The molecule has 0 radical (unpaired) electrons. The van der Waals surface area contributed by atoms with Crippen molar-refractivity contribution in [2.75, 3.05) is 31.1 Å². The van der Waals surface area contributed by atoms with E-state index in [1.54, 1.807) is 6.33 Å². The van der Waals surface area contributed by atoms with Crippen molar-refractivity contribution >= 4 is 5.82 Å². The van der Waals surface area contributed by atoms with E-state index in [2.05, 4.69) is 35.6 Å². The summed E-state index contributed by atoms with van der Waals surface area (Å²) < 4.78 is 5.40. The monoisotopic (exact) mass is 252 g/mol. The fourth-order valence-corrected chi connectivity index (χ4v) is 1.67. The highest BCUT2D eigenvalue weighted by atomic mass is 16.5. The van der Waals surface area contributed by atoms with Gasteiger partial charge in [0.1, 0.15) is 12.1 Å². The van der Waals surface area contributed by atoms with Gasteiger partial charge in [0.25, 0.3) is 0 Å². The maximum atomic E-state index is 5.78. The summed E-state index contributed by atoms with van der Waals surface area (Å²) in [5.74, 6) is 1.50. The molecule has 0 bridgehead atoms. The highest BCUT2D eigenvalue weighted by molar-refractivity contribution is 5.40. The van der Waals surface area contributed by atoms with Gasteiger partial charge in [0.15, 0.2) is 0 Å². The lowest BCUT2D eigenvalue weighted by molar-refractivity contribution is 0.325. The van der Waals surface area contributed by atoms with Gasteiger partial charge in [-0.25, -0.2) is 9.97 Å². The second kappa shape index (κ2) is 6.54. The van der Waals surface area contributed by atoms with Crippen LogP contribution in [0.2, 0.25) is 0 Å². The standard InChI is InChI=1S/C13H24N4O/c1-5-17(9-13(3,4)8-14)11-7-12(18-6-2)16-10-15-11/h7,10H,5-6,8-9,14H2,1-4H3. The maximum absolute atomic E-state index is 5.78. The number of aromatic nitrogens is 2. The van der Waals surface area contributed by atoms with E-state index in [-0.39, 0.29) is 5.41 Å². The zero-order valence-electron chi connectivity index (χ0n) is 11.8. The van der Waals surface area contributed by atoms with Crippen molar-refractivity contribution in [1.29, 1.82) is 0 Å². The highest BCUT2D eigenvalue weighted by Gasteiger charge is 2.20. The summed E-state index contributed by atoms with van der Waals surface area (Å²) in [5.41, 5.74) is 5.84. The number of hydrogen-bond donors (Lipinski definition) is 1. The minimum Gasteiger partial charge on any atom is -0.478 e. The summed E-state index contributed by atoms with van der Waals surface area (Å²) in [6.45, 7) is 11.4. The maximum Gasteiger partial charge on any atom is 0.218 e. The molecule has 0 unspecified atom stereocenters. The van der Waals surface area contributed by atoms with Crippen LogP contribution in [0.1, 0.15) is 27.7 Å². The number of rotatable bonds is 7. The van der Waals surface area contributed by atoms with Crippen LogP contribution in [0.4, 0.5) is 5.82 Å². The fraction of sp³-hybridized carbons (Fsp3) is 0.692. The highest BCUT2D eigenvalue weighted by Crippen LogP contribution is 2.21. The summed E-state index contributed by atoms with van der Waals surface area (Å²) in [4.78, 5) is 10.6. The molecule has 0 aromatic carbocycles. The average molecular weight is 252 g/mol. The number of ether oxygens (including phenoxy) is 1. The Morgan fingerprint density at radius 1 is 1.33 bits per heavy atom. The Hall–Kier alpha value is -1.36. The summed E-state index contributed by atoms with van der Waals surface area (Å²) in [6.07, 6.45) is 1.54. The van der Waals surface area contributed by atoms with Crippen LogP contribution in [0.15, 0.2) is 12.4 Å². The molecule has 0 aliphatic rings. The van der Waals surface area contributed by atoms with Gasteiger partial charge >= 0.3 is 0 Å². The molecule has 0 fully saturated rings. The molecule has 0 aliphatic carbocycles. The van der Waals surface area contributed by atoms with Gasteiger partial charge in [0, 0.05) is 19.2 Å². The minimum absolute atomic E-state index is 0.0622. The number of hydrogen-bond acceptors (Lipinski definition) is 5. The number of anilines is 1. The van der Waals surface area contributed by atoms with Crippen LogP contribution in [0, 0.1) is 5.41 Å². The van der Waals surface area contributed by atoms with Crippen molar-refractivity contribution in [2.45, 2.75) is 27.7 Å². The molecule has 1 rings (SSSR count). The Balaban J connectivity index is 2.84. The van der Waals surface area contributed by atoms with Crippen LogP contribution in [-0.4, -0.2) is 36.2 Å². The van der Waals surface area contributed by atoms with E-state index >= 15 is 0 Å². The van der Waals surface area contributed by atoms with E-state index in [9.17, 15) is 0 Å². The molecular formula is C13H24N4O. The summed E-state index contributed by atoms with van der Waals surface area (Å²) in [5, 5.41) is 0. The van der Waals surface area contributed by atoms with Crippen molar-refractivity contribution in [3.05, 3.63) is 12.4 Å². The Morgan fingerprint density at radius 2 is 2.06 bits per heavy atom. The molecule has 102 valence electrons. The van der Waals surface area contributed by atoms with Crippen LogP contribution in [0.3, 0.4) is 0 Å². The largest absolute Gasteiger partial charge is 0.478 e. The number of nitrogens with zero attached hydrogens (tertiary/aromatic N) is 3. The predicted octanol–water partition coefficient (Wildman–Crippen LogP) is 1.69. The predicted molar refractivity (Wildman–Crippen MR) is 73.9 cm³/mol. The van der Waals surface area contributed by atoms with E-state index in [0.717, 1.165) is 18.9 Å². The molecule has 1 aromatic rings. The van der Waals surface area contributed by atoms with Gasteiger partial charge in [0.2, 0.25) is 5.88 Å². The normalized spacial score (nSPS) is 11.4. The van der Waals surface area contributed by atoms with Gasteiger partial charge in [-0.15, -0.1) is 0 Å². The second-order valence-corrected chi connectivity index (χ2v) is 5.03. The van der Waals surface area contributed by atoms with Crippen LogP contribution in [-0.2, 0) is 0 Å². The van der Waals surface area contributed by atoms with Crippen LogP contribution >= 0.6 is 0 Å². The molecule has 0 amide bonds. The van der Waals surface area contributed by atoms with Crippen LogP contribution in [0.25, 0.3) is 0 Å². The van der Waals surface area contributed by atoms with Gasteiger partial charge in [0.05, 0.1) is 6.61 Å². The minimum atomic E-state index is 0.0622. The Bertz CT molecular complexity index is 368. The molecular weight excluding hydrogens is 228 g/mol. The molecule has 1 heterocycles. The first-order valence-corrected chi connectivity index (χ1v) is 6.42. The zero-order chi connectivity index (χ0) is 13.6. The summed E-state index contributed by atoms with van der Waals surface area (Å²) in [7, 11) is 0. The number of nitrogens with two attached hydrogens (primary N) is 1. The molecule has 1 aromatic heterocycles. The van der Waals surface area contributed by atoms with Crippen molar-refractivity contribution in [2.24, 2.45) is 11.1 Å². The molecule has 0 atom stereocenters. The summed E-state index contributed by atoms with van der Waals surface area (Å²) in [6, 6.07) is 1.87. The Morgan fingerprint density at radius 3 is 2.61 bits per heavy atom. The van der Waals surface area contributed by atoms with E-state index in [1.807, 2.05) is 13.0 Å². The molecule has 0 saturated carbocycles. The van der Waals surface area contributed by atoms with E-state index in [0.29, 0.717) is 19.0 Å². The quantitative estimate of drug-likeness (QED) is 0.800.